The number of hydrogen-bond donors (Lipinski definition) is 1. The Balaban J connectivity index is 1.65. The highest BCUT2D eigenvalue weighted by molar-refractivity contribution is 8.01. The summed E-state index contributed by atoms with van der Waals surface area (Å²) in [5.41, 5.74) is 1.95. The zero-order valence-electron chi connectivity index (χ0n) is 13.2. The molecule has 0 aliphatic rings. The smallest absolute Gasteiger partial charge is 0.210 e. The van der Waals surface area contributed by atoms with Crippen molar-refractivity contribution in [3.8, 4) is 5.75 Å². The van der Waals surface area contributed by atoms with Gasteiger partial charge in [-0.25, -0.2) is 4.39 Å². The van der Waals surface area contributed by atoms with Crippen molar-refractivity contribution in [2.75, 3.05) is 12.4 Å². The lowest BCUT2D eigenvalue weighted by Gasteiger charge is -2.08. The van der Waals surface area contributed by atoms with Crippen LogP contribution in [-0.4, -0.2) is 17.3 Å². The number of nitrogens with zero attached hydrogens (tertiary/aromatic N) is 2. The maximum absolute atomic E-state index is 13.0. The number of aromatic nitrogens is 2. The van der Waals surface area contributed by atoms with Gasteiger partial charge in [-0.15, -0.1) is 10.2 Å². The van der Waals surface area contributed by atoms with Crippen molar-refractivity contribution < 1.29 is 9.13 Å². The van der Waals surface area contributed by atoms with Crippen LogP contribution < -0.4 is 10.1 Å². The third-order valence-electron chi connectivity index (χ3n) is 3.34. The summed E-state index contributed by atoms with van der Waals surface area (Å²) < 4.78 is 19.1. The minimum Gasteiger partial charge on any atom is -0.497 e. The first-order chi connectivity index (χ1) is 11.6. The van der Waals surface area contributed by atoms with E-state index in [9.17, 15) is 4.39 Å². The molecule has 24 heavy (non-hydrogen) atoms. The van der Waals surface area contributed by atoms with Crippen molar-refractivity contribution in [3.05, 3.63) is 59.9 Å². The van der Waals surface area contributed by atoms with Crippen LogP contribution in [0.15, 0.2) is 52.9 Å². The molecule has 0 aliphatic carbocycles. The predicted octanol–water partition coefficient (Wildman–Crippen LogP) is 5.28. The summed E-state index contributed by atoms with van der Waals surface area (Å²) in [6, 6.07) is 14.2. The number of methoxy groups -OCH3 is 1. The van der Waals surface area contributed by atoms with Crippen molar-refractivity contribution in [1.82, 2.24) is 10.2 Å². The Morgan fingerprint density at radius 2 is 1.96 bits per heavy atom. The molecular formula is C17H16FN3OS2. The molecule has 0 fully saturated rings. The van der Waals surface area contributed by atoms with Crippen LogP contribution >= 0.6 is 23.1 Å². The Labute approximate surface area is 148 Å². The highest BCUT2D eigenvalue weighted by Gasteiger charge is 2.12. The summed E-state index contributed by atoms with van der Waals surface area (Å²) in [6.45, 7) is 2.06. The molecule has 1 N–H and O–H groups in total. The Hall–Kier alpha value is -2.12. The monoisotopic (exact) mass is 361 g/mol. The van der Waals surface area contributed by atoms with Gasteiger partial charge in [-0.05, 0) is 36.8 Å². The third-order valence-corrected chi connectivity index (χ3v) is 5.43. The van der Waals surface area contributed by atoms with Crippen LogP contribution in [0.25, 0.3) is 0 Å². The van der Waals surface area contributed by atoms with E-state index in [2.05, 4.69) is 22.4 Å². The molecule has 1 atom stereocenters. The number of thioether (sulfide) groups is 1. The second-order valence-electron chi connectivity index (χ2n) is 5.04. The number of halogens is 1. The second kappa shape index (κ2) is 7.63. The fraction of sp³-hybridized carbons (Fsp3) is 0.176. The van der Waals surface area contributed by atoms with E-state index < -0.39 is 0 Å². The zero-order chi connectivity index (χ0) is 16.9. The Bertz CT molecular complexity index is 808. The molecule has 7 heteroatoms. The first kappa shape index (κ1) is 16.7. The topological polar surface area (TPSA) is 47.0 Å². The molecule has 124 valence electrons. The summed E-state index contributed by atoms with van der Waals surface area (Å²) in [5, 5.41) is 12.5. The van der Waals surface area contributed by atoms with Gasteiger partial charge >= 0.3 is 0 Å². The largest absolute Gasteiger partial charge is 0.497 e. The van der Waals surface area contributed by atoms with Crippen LogP contribution in [0, 0.1) is 5.82 Å². The molecule has 0 unspecified atom stereocenters. The molecule has 0 aliphatic heterocycles. The SMILES string of the molecule is COc1cccc(Nc2nnc(S[C@@H](C)c3ccc(F)cc3)s2)c1. The number of anilines is 2. The summed E-state index contributed by atoms with van der Waals surface area (Å²) in [5.74, 6) is 0.556. The number of rotatable bonds is 6. The molecule has 1 heterocycles. The average Bonchev–Trinajstić information content (AvgIpc) is 3.02. The number of benzene rings is 2. The van der Waals surface area contributed by atoms with Gasteiger partial charge in [-0.1, -0.05) is 41.3 Å². The van der Waals surface area contributed by atoms with Crippen molar-refractivity contribution in [2.45, 2.75) is 16.5 Å². The highest BCUT2D eigenvalue weighted by atomic mass is 32.2. The van der Waals surface area contributed by atoms with Gasteiger partial charge in [-0.2, -0.15) is 0 Å². The molecular weight excluding hydrogens is 345 g/mol. The summed E-state index contributed by atoms with van der Waals surface area (Å²) in [7, 11) is 1.63. The number of nitrogens with one attached hydrogen (secondary N) is 1. The minimum atomic E-state index is -0.225. The van der Waals surface area contributed by atoms with Crippen LogP contribution in [0.2, 0.25) is 0 Å². The molecule has 0 saturated heterocycles. The van der Waals surface area contributed by atoms with Crippen molar-refractivity contribution in [3.63, 3.8) is 0 Å². The van der Waals surface area contributed by atoms with Crippen LogP contribution in [0.3, 0.4) is 0 Å². The number of hydrogen-bond acceptors (Lipinski definition) is 6. The first-order valence-corrected chi connectivity index (χ1v) is 9.00. The summed E-state index contributed by atoms with van der Waals surface area (Å²) in [4.78, 5) is 0. The lowest BCUT2D eigenvalue weighted by Crippen LogP contribution is -1.90. The van der Waals surface area contributed by atoms with Gasteiger partial charge in [0.25, 0.3) is 0 Å². The van der Waals surface area contributed by atoms with E-state index in [1.807, 2.05) is 24.3 Å². The van der Waals surface area contributed by atoms with E-state index in [0.29, 0.717) is 0 Å². The molecule has 0 bridgehead atoms. The molecule has 2 aromatic carbocycles. The van der Waals surface area contributed by atoms with Gasteiger partial charge < -0.3 is 10.1 Å². The molecule has 0 amide bonds. The fourth-order valence-corrected chi connectivity index (χ4v) is 4.13. The van der Waals surface area contributed by atoms with E-state index in [4.69, 9.17) is 4.74 Å². The molecule has 1 aromatic heterocycles. The van der Waals surface area contributed by atoms with E-state index in [-0.39, 0.29) is 11.1 Å². The van der Waals surface area contributed by atoms with E-state index >= 15 is 0 Å². The van der Waals surface area contributed by atoms with Crippen molar-refractivity contribution >= 4 is 33.9 Å². The molecule has 0 radical (unpaired) electrons. The molecule has 3 aromatic rings. The predicted molar refractivity (Wildman–Crippen MR) is 96.9 cm³/mol. The zero-order valence-corrected chi connectivity index (χ0v) is 14.8. The van der Waals surface area contributed by atoms with Crippen molar-refractivity contribution in [1.29, 1.82) is 0 Å². The Kier molecular flexibility index (Phi) is 5.32. The van der Waals surface area contributed by atoms with Crippen LogP contribution in [0.4, 0.5) is 15.2 Å². The summed E-state index contributed by atoms with van der Waals surface area (Å²) in [6.07, 6.45) is 0. The standard InChI is InChI=1S/C17H16FN3OS2/c1-11(12-6-8-13(18)9-7-12)23-17-21-20-16(24-17)19-14-4-3-5-15(10-14)22-2/h3-11H,1-2H3,(H,19,20)/t11-/m0/s1. The Morgan fingerprint density at radius 3 is 2.71 bits per heavy atom. The van der Waals surface area contributed by atoms with Crippen LogP contribution in [0.5, 0.6) is 5.75 Å². The lowest BCUT2D eigenvalue weighted by atomic mass is 10.2. The quantitative estimate of drug-likeness (QED) is 0.605. The summed E-state index contributed by atoms with van der Waals surface area (Å²) >= 11 is 3.08. The highest BCUT2D eigenvalue weighted by Crippen LogP contribution is 2.38. The van der Waals surface area contributed by atoms with Gasteiger partial charge in [0, 0.05) is 17.0 Å². The minimum absolute atomic E-state index is 0.170. The lowest BCUT2D eigenvalue weighted by molar-refractivity contribution is 0.415. The molecule has 0 spiro atoms. The van der Waals surface area contributed by atoms with E-state index in [0.717, 1.165) is 26.5 Å². The average molecular weight is 361 g/mol. The third kappa shape index (κ3) is 4.24. The van der Waals surface area contributed by atoms with E-state index in [1.54, 1.807) is 31.0 Å². The van der Waals surface area contributed by atoms with Gasteiger partial charge in [0.15, 0.2) is 4.34 Å². The van der Waals surface area contributed by atoms with Gasteiger partial charge in [-0.3, -0.25) is 0 Å². The first-order valence-electron chi connectivity index (χ1n) is 7.31. The maximum atomic E-state index is 13.0. The van der Waals surface area contributed by atoms with Gasteiger partial charge in [0.1, 0.15) is 11.6 Å². The van der Waals surface area contributed by atoms with E-state index in [1.165, 1.54) is 23.5 Å². The van der Waals surface area contributed by atoms with Crippen molar-refractivity contribution in [2.24, 2.45) is 0 Å². The molecule has 0 saturated carbocycles. The normalized spacial score (nSPS) is 12.0. The Morgan fingerprint density at radius 1 is 1.17 bits per heavy atom. The van der Waals surface area contributed by atoms with Crippen LogP contribution in [-0.2, 0) is 0 Å². The van der Waals surface area contributed by atoms with Gasteiger partial charge in [0.2, 0.25) is 5.13 Å². The van der Waals surface area contributed by atoms with Gasteiger partial charge in [0.05, 0.1) is 7.11 Å². The number of ether oxygens (including phenoxy) is 1. The van der Waals surface area contributed by atoms with Crippen LogP contribution in [0.1, 0.15) is 17.7 Å². The molecule has 3 rings (SSSR count). The maximum Gasteiger partial charge on any atom is 0.210 e. The second-order valence-corrected chi connectivity index (χ2v) is 7.61. The fourth-order valence-electron chi connectivity index (χ4n) is 2.09. The molecule has 4 nitrogen and oxygen atoms in total.